The summed E-state index contributed by atoms with van der Waals surface area (Å²) >= 11 is 0. The van der Waals surface area contributed by atoms with Gasteiger partial charge in [-0.2, -0.15) is 0 Å². The average molecular weight is 678 g/mol. The van der Waals surface area contributed by atoms with Gasteiger partial charge in [-0.05, 0) is 87.9 Å². The molecule has 4 aromatic rings. The summed E-state index contributed by atoms with van der Waals surface area (Å²) in [4.78, 5) is 14.4. The van der Waals surface area contributed by atoms with Crippen LogP contribution in [0.4, 0.5) is 11.5 Å². The first-order valence-electron chi connectivity index (χ1n) is 18.0. The molecule has 0 aliphatic carbocycles. The van der Waals surface area contributed by atoms with Crippen molar-refractivity contribution < 1.29 is 0 Å². The van der Waals surface area contributed by atoms with Crippen LogP contribution < -0.4 is 4.90 Å². The molecule has 0 bridgehead atoms. The quantitative estimate of drug-likeness (QED) is 0.0497. The van der Waals surface area contributed by atoms with Crippen molar-refractivity contribution >= 4 is 33.1 Å². The number of hydrogen-bond acceptors (Lipinski definition) is 5. The molecular weight excluding hydrogens is 623 g/mol. The normalized spacial score (nSPS) is 12.2. The van der Waals surface area contributed by atoms with Crippen LogP contribution in [0.25, 0.3) is 0 Å². The Morgan fingerprint density at radius 2 is 1.19 bits per heavy atom. The molecule has 0 fully saturated rings. The fourth-order valence-electron chi connectivity index (χ4n) is 5.63. The number of nitrogens with zero attached hydrogens (tertiary/aromatic N) is 3. The van der Waals surface area contributed by atoms with Crippen molar-refractivity contribution in [1.82, 2.24) is 9.97 Å². The minimum atomic E-state index is 0.258. The molecule has 4 rings (SSSR count). The van der Waals surface area contributed by atoms with E-state index in [4.69, 9.17) is 9.97 Å². The second kappa shape index (κ2) is 21.6. The Morgan fingerprint density at radius 1 is 0.604 bits per heavy atom. The fraction of sp³-hybridized carbons (Fsp3) is 0.395. The van der Waals surface area contributed by atoms with Crippen LogP contribution in [0.1, 0.15) is 113 Å². The molecule has 2 aromatic carbocycles. The topological polar surface area (TPSA) is 29.0 Å². The van der Waals surface area contributed by atoms with E-state index in [0.717, 1.165) is 52.8 Å². The van der Waals surface area contributed by atoms with E-state index >= 15 is 0 Å². The minimum absolute atomic E-state index is 0.258. The Labute approximate surface area is 299 Å². The average Bonchev–Trinajstić information content (AvgIpc) is 3.11. The van der Waals surface area contributed by atoms with Gasteiger partial charge in [0.15, 0.2) is 0 Å². The lowest BCUT2D eigenvalue weighted by molar-refractivity contribution is 0.673. The lowest BCUT2D eigenvalue weighted by Gasteiger charge is -2.23. The van der Waals surface area contributed by atoms with Crippen LogP contribution in [0.2, 0.25) is 0 Å². The van der Waals surface area contributed by atoms with E-state index in [1.165, 1.54) is 68.1 Å². The molecule has 0 saturated carbocycles. The summed E-state index contributed by atoms with van der Waals surface area (Å²) in [5.74, 6) is 1.22. The zero-order valence-electron chi connectivity index (χ0n) is 29.6. The second-order valence-electron chi connectivity index (χ2n) is 12.7. The van der Waals surface area contributed by atoms with Crippen molar-refractivity contribution in [2.24, 2.45) is 0 Å². The first-order chi connectivity index (χ1) is 23.6. The molecule has 1 atom stereocenters. The number of benzene rings is 2. The summed E-state index contributed by atoms with van der Waals surface area (Å²) in [6, 6.07) is 26.4. The third-order valence-electron chi connectivity index (χ3n) is 8.61. The number of aryl methyl sites for hydroxylation is 2. The molecule has 0 spiro atoms. The largest absolute Gasteiger partial charge is 0.323 e. The summed E-state index contributed by atoms with van der Waals surface area (Å²) in [6.07, 6.45) is 27.0. The first kappa shape index (κ1) is 37.5. The van der Waals surface area contributed by atoms with E-state index in [-0.39, 0.29) is 5.92 Å². The van der Waals surface area contributed by atoms with Gasteiger partial charge in [-0.1, -0.05) is 146 Å². The maximum Gasteiger partial charge on any atom is 0.133 e. The van der Waals surface area contributed by atoms with E-state index in [1.807, 2.05) is 12.4 Å². The van der Waals surface area contributed by atoms with Gasteiger partial charge in [0.2, 0.25) is 0 Å². The molecule has 5 heteroatoms. The van der Waals surface area contributed by atoms with Crippen molar-refractivity contribution in [3.05, 3.63) is 132 Å². The number of pyridine rings is 2. The Bertz CT molecular complexity index is 1380. The van der Waals surface area contributed by atoms with E-state index in [0.29, 0.717) is 0 Å². The highest BCUT2D eigenvalue weighted by atomic mass is 33.1. The number of unbranched alkanes of at least 4 members (excludes halogenated alkanes) is 8. The summed E-state index contributed by atoms with van der Waals surface area (Å²) in [6.45, 7) is 9.61. The number of allylic oxidation sites excluding steroid dienone is 3. The summed E-state index contributed by atoms with van der Waals surface area (Å²) in [7, 11) is 3.47. The highest BCUT2D eigenvalue weighted by Gasteiger charge is 2.15. The van der Waals surface area contributed by atoms with E-state index in [1.54, 1.807) is 21.6 Å². The zero-order chi connectivity index (χ0) is 33.8. The van der Waals surface area contributed by atoms with Crippen LogP contribution in [-0.4, -0.2) is 16.5 Å². The van der Waals surface area contributed by atoms with Gasteiger partial charge in [0.05, 0.1) is 0 Å². The number of rotatable bonds is 21. The summed E-state index contributed by atoms with van der Waals surface area (Å²) in [5, 5.41) is 0. The van der Waals surface area contributed by atoms with Crippen LogP contribution >= 0.6 is 21.6 Å². The maximum atomic E-state index is 4.97. The van der Waals surface area contributed by atoms with Gasteiger partial charge in [0, 0.05) is 46.0 Å². The molecule has 0 N–H and O–H groups in total. The standard InChI is InChI=1S/C43H55N3S2/c1-5-7-9-11-13-15-17-19-41(37-24-20-35(3)21-25-37)42-30-28-39(33-44-42)47-48-40-29-31-43(45-34-40)46(38-26-22-36(4)23-27-38)32-18-16-14-12-10-8-6-2/h15-18,20-31,33-34,41H,5-14,19,32H2,1-4H3. The third kappa shape index (κ3) is 13.0. The second-order valence-corrected chi connectivity index (χ2v) is 15.0. The molecule has 0 radical (unpaired) electrons. The third-order valence-corrected chi connectivity index (χ3v) is 11.0. The minimum Gasteiger partial charge on any atom is -0.323 e. The SMILES string of the molecule is CCCCCCC=CCC(c1ccc(C)cc1)c1ccc(SSc2ccc(N(CC=CCCCCCC)c3ccc(C)cc3)nc2)cn1. The molecule has 48 heavy (non-hydrogen) atoms. The Balaban J connectivity index is 1.37. The molecule has 0 aliphatic heterocycles. The highest BCUT2D eigenvalue weighted by molar-refractivity contribution is 8.76. The predicted octanol–water partition coefficient (Wildman–Crippen LogP) is 13.6. The van der Waals surface area contributed by atoms with Gasteiger partial charge >= 0.3 is 0 Å². The van der Waals surface area contributed by atoms with Crippen molar-refractivity contribution in [3.8, 4) is 0 Å². The van der Waals surface area contributed by atoms with Gasteiger partial charge in [0.1, 0.15) is 5.82 Å². The molecule has 3 nitrogen and oxygen atoms in total. The predicted molar refractivity (Wildman–Crippen MR) is 212 cm³/mol. The Morgan fingerprint density at radius 3 is 1.75 bits per heavy atom. The lowest BCUT2D eigenvalue weighted by atomic mass is 9.91. The van der Waals surface area contributed by atoms with E-state index < -0.39 is 0 Å². The van der Waals surface area contributed by atoms with Gasteiger partial charge in [-0.15, -0.1) is 0 Å². The first-order valence-corrected chi connectivity index (χ1v) is 20.2. The molecule has 0 saturated heterocycles. The maximum absolute atomic E-state index is 4.97. The highest BCUT2D eigenvalue weighted by Crippen LogP contribution is 2.38. The monoisotopic (exact) mass is 677 g/mol. The van der Waals surface area contributed by atoms with Crippen molar-refractivity contribution in [3.63, 3.8) is 0 Å². The van der Waals surface area contributed by atoms with Gasteiger partial charge in [-0.25, -0.2) is 4.98 Å². The fourth-order valence-corrected chi connectivity index (χ4v) is 7.43. The molecule has 0 amide bonds. The van der Waals surface area contributed by atoms with Crippen LogP contribution in [0, 0.1) is 13.8 Å². The van der Waals surface area contributed by atoms with Crippen molar-refractivity contribution in [1.29, 1.82) is 0 Å². The summed E-state index contributed by atoms with van der Waals surface area (Å²) < 4.78 is 0. The van der Waals surface area contributed by atoms with E-state index in [2.05, 4.69) is 130 Å². The van der Waals surface area contributed by atoms with Gasteiger partial charge in [-0.3, -0.25) is 4.98 Å². The smallest absolute Gasteiger partial charge is 0.133 e. The molecule has 2 aromatic heterocycles. The molecular formula is C43H55N3S2. The van der Waals surface area contributed by atoms with Crippen LogP contribution in [0.5, 0.6) is 0 Å². The number of hydrogen-bond donors (Lipinski definition) is 0. The zero-order valence-corrected chi connectivity index (χ0v) is 31.2. The van der Waals surface area contributed by atoms with Gasteiger partial charge in [0.25, 0.3) is 0 Å². The van der Waals surface area contributed by atoms with Gasteiger partial charge < -0.3 is 4.90 Å². The molecule has 2 heterocycles. The Hall–Kier alpha value is -3.28. The van der Waals surface area contributed by atoms with Crippen LogP contribution in [0.3, 0.4) is 0 Å². The molecule has 0 aliphatic rings. The summed E-state index contributed by atoms with van der Waals surface area (Å²) in [5.41, 5.74) is 6.17. The lowest BCUT2D eigenvalue weighted by Crippen LogP contribution is -2.18. The van der Waals surface area contributed by atoms with Crippen molar-refractivity contribution in [2.75, 3.05) is 11.4 Å². The van der Waals surface area contributed by atoms with Crippen LogP contribution in [0.15, 0.2) is 119 Å². The Kier molecular flexibility index (Phi) is 16.9. The van der Waals surface area contributed by atoms with Crippen molar-refractivity contribution in [2.45, 2.75) is 114 Å². The molecule has 1 unspecified atom stereocenters. The number of aromatic nitrogens is 2. The van der Waals surface area contributed by atoms with Crippen LogP contribution in [-0.2, 0) is 0 Å². The van der Waals surface area contributed by atoms with E-state index in [9.17, 15) is 0 Å². The molecule has 254 valence electrons. The number of anilines is 2.